The second-order valence-corrected chi connectivity index (χ2v) is 9.46. The van der Waals surface area contributed by atoms with Crippen LogP contribution in [0, 0.1) is 22.6 Å². The summed E-state index contributed by atoms with van der Waals surface area (Å²) in [5, 5.41) is 9.33. The molecular weight excluding hydrogens is 487 g/mol. The Morgan fingerprint density at radius 2 is 1.84 bits per heavy atom. The Balaban J connectivity index is 1.43. The van der Waals surface area contributed by atoms with Gasteiger partial charge >= 0.3 is 0 Å². The van der Waals surface area contributed by atoms with Gasteiger partial charge in [0.05, 0.1) is 30.4 Å². The lowest BCUT2D eigenvalue weighted by Gasteiger charge is -2.28. The first kappa shape index (κ1) is 23.8. The SMILES string of the molecule is N#CC1(C(=O)Cc2cccc(-c3cnc4c(N5CCOCC5)nc(-c5cnc(N)nc5)nc4c3)c2F)CC1. The Morgan fingerprint density at radius 1 is 1.11 bits per heavy atom. The topological polar surface area (TPSA) is 144 Å². The largest absolute Gasteiger partial charge is 0.378 e. The molecule has 0 atom stereocenters. The van der Waals surface area contributed by atoms with Crippen molar-refractivity contribution < 1.29 is 13.9 Å². The third-order valence-corrected chi connectivity index (χ3v) is 7.00. The van der Waals surface area contributed by atoms with Gasteiger partial charge in [0, 0.05) is 49.2 Å². The van der Waals surface area contributed by atoms with E-state index in [9.17, 15) is 10.1 Å². The van der Waals surface area contributed by atoms with Crippen LogP contribution in [0.4, 0.5) is 16.2 Å². The van der Waals surface area contributed by atoms with Crippen molar-refractivity contribution in [3.05, 3.63) is 54.2 Å². The molecule has 6 rings (SSSR count). The minimum absolute atomic E-state index is 0.126. The molecule has 1 saturated heterocycles. The molecule has 38 heavy (non-hydrogen) atoms. The number of hydrogen-bond donors (Lipinski definition) is 1. The number of rotatable bonds is 6. The predicted octanol–water partition coefficient (Wildman–Crippen LogP) is 3.12. The molecule has 190 valence electrons. The molecule has 2 N–H and O–H groups in total. The Morgan fingerprint density at radius 3 is 2.55 bits per heavy atom. The average Bonchev–Trinajstić information content (AvgIpc) is 3.76. The summed E-state index contributed by atoms with van der Waals surface area (Å²) in [6, 6.07) is 8.77. The van der Waals surface area contributed by atoms with Crippen molar-refractivity contribution in [3.8, 4) is 28.6 Å². The van der Waals surface area contributed by atoms with E-state index in [4.69, 9.17) is 20.4 Å². The second kappa shape index (κ2) is 9.39. The molecule has 3 aromatic heterocycles. The van der Waals surface area contributed by atoms with Crippen molar-refractivity contribution in [3.63, 3.8) is 0 Å². The van der Waals surface area contributed by atoms with E-state index in [1.165, 1.54) is 0 Å². The molecule has 1 aliphatic carbocycles. The number of ether oxygens (including phenoxy) is 1. The summed E-state index contributed by atoms with van der Waals surface area (Å²) in [6.07, 6.45) is 5.63. The van der Waals surface area contributed by atoms with Gasteiger partial charge in [-0.2, -0.15) is 5.26 Å². The van der Waals surface area contributed by atoms with E-state index in [-0.39, 0.29) is 23.7 Å². The molecular formula is C27H23FN8O2. The third-order valence-electron chi connectivity index (χ3n) is 7.00. The number of anilines is 2. The zero-order chi connectivity index (χ0) is 26.3. The molecule has 0 spiro atoms. The van der Waals surface area contributed by atoms with E-state index in [0.717, 1.165) is 0 Å². The van der Waals surface area contributed by atoms with Gasteiger partial charge in [-0.25, -0.2) is 24.3 Å². The van der Waals surface area contributed by atoms with Crippen molar-refractivity contribution >= 4 is 28.6 Å². The Kier molecular flexibility index (Phi) is 5.88. The number of morpholine rings is 1. The molecule has 0 amide bonds. The van der Waals surface area contributed by atoms with Gasteiger partial charge in [-0.05, 0) is 24.5 Å². The maximum Gasteiger partial charge on any atom is 0.219 e. The van der Waals surface area contributed by atoms with Gasteiger partial charge in [0.25, 0.3) is 0 Å². The van der Waals surface area contributed by atoms with E-state index in [1.807, 2.05) is 0 Å². The number of Topliss-reactive ketones (excluding diaryl/α,β-unsaturated/α-hetero) is 1. The number of nitrogens with two attached hydrogens (primary N) is 1. The Bertz CT molecular complexity index is 1590. The highest BCUT2D eigenvalue weighted by Crippen LogP contribution is 2.46. The fourth-order valence-electron chi connectivity index (χ4n) is 4.59. The lowest BCUT2D eigenvalue weighted by atomic mass is 9.94. The van der Waals surface area contributed by atoms with Crippen LogP contribution in [0.1, 0.15) is 18.4 Å². The van der Waals surface area contributed by atoms with Crippen LogP contribution in [-0.4, -0.2) is 57.0 Å². The van der Waals surface area contributed by atoms with Crippen molar-refractivity contribution in [1.29, 1.82) is 5.26 Å². The van der Waals surface area contributed by atoms with E-state index >= 15 is 4.39 Å². The fourth-order valence-corrected chi connectivity index (χ4v) is 4.59. The first-order valence-corrected chi connectivity index (χ1v) is 12.3. The molecule has 1 aromatic carbocycles. The van der Waals surface area contributed by atoms with Crippen molar-refractivity contribution in [2.45, 2.75) is 19.3 Å². The number of aromatic nitrogens is 5. The highest BCUT2D eigenvalue weighted by atomic mass is 19.1. The van der Waals surface area contributed by atoms with E-state index < -0.39 is 11.2 Å². The maximum absolute atomic E-state index is 15.6. The van der Waals surface area contributed by atoms with Crippen LogP contribution >= 0.6 is 0 Å². The quantitative estimate of drug-likeness (QED) is 0.411. The van der Waals surface area contributed by atoms with Crippen molar-refractivity contribution in [1.82, 2.24) is 24.9 Å². The molecule has 0 bridgehead atoms. The first-order chi connectivity index (χ1) is 18.5. The molecule has 4 aromatic rings. The molecule has 10 nitrogen and oxygen atoms in total. The van der Waals surface area contributed by atoms with Gasteiger partial charge in [0.1, 0.15) is 16.7 Å². The number of fused-ring (bicyclic) bond motifs is 1. The van der Waals surface area contributed by atoms with Gasteiger partial charge in [-0.15, -0.1) is 0 Å². The van der Waals surface area contributed by atoms with E-state index in [1.54, 1.807) is 42.9 Å². The molecule has 4 heterocycles. The van der Waals surface area contributed by atoms with Gasteiger partial charge in [0.15, 0.2) is 17.4 Å². The summed E-state index contributed by atoms with van der Waals surface area (Å²) < 4.78 is 21.1. The monoisotopic (exact) mass is 510 g/mol. The second-order valence-electron chi connectivity index (χ2n) is 9.46. The Hall–Kier alpha value is -4.56. The van der Waals surface area contributed by atoms with Gasteiger partial charge in [-0.1, -0.05) is 18.2 Å². The van der Waals surface area contributed by atoms with Crippen molar-refractivity contribution in [2.24, 2.45) is 5.41 Å². The molecule has 1 aliphatic heterocycles. The number of nitriles is 1. The van der Waals surface area contributed by atoms with Crippen LogP contribution < -0.4 is 10.6 Å². The van der Waals surface area contributed by atoms with Crippen LogP contribution in [0.5, 0.6) is 0 Å². The zero-order valence-corrected chi connectivity index (χ0v) is 20.4. The normalized spacial score (nSPS) is 16.3. The average molecular weight is 511 g/mol. The lowest BCUT2D eigenvalue weighted by molar-refractivity contribution is -0.121. The predicted molar refractivity (Wildman–Crippen MR) is 137 cm³/mol. The van der Waals surface area contributed by atoms with Crippen LogP contribution in [0.25, 0.3) is 33.5 Å². The minimum Gasteiger partial charge on any atom is -0.378 e. The van der Waals surface area contributed by atoms with E-state index in [0.29, 0.717) is 78.5 Å². The van der Waals surface area contributed by atoms with E-state index in [2.05, 4.69) is 25.9 Å². The molecule has 1 saturated carbocycles. The third kappa shape index (κ3) is 4.29. The lowest BCUT2D eigenvalue weighted by Crippen LogP contribution is -2.37. The summed E-state index contributed by atoms with van der Waals surface area (Å²) in [4.78, 5) is 36.9. The number of nitrogens with zero attached hydrogens (tertiary/aromatic N) is 7. The Labute approximate surface area is 217 Å². The standard InChI is InChI=1S/C27H23FN8O2/c28-22-16(11-21(37)27(15-29)4-5-27)2-1-3-19(22)17-10-20-23(31-12-17)25(36-6-8-38-9-7-36)35-24(34-20)18-13-32-26(30)33-14-18/h1-3,10,12-14H,4-9,11H2,(H2,30,32,33). The van der Waals surface area contributed by atoms with Gasteiger partial charge < -0.3 is 15.4 Å². The minimum atomic E-state index is -0.956. The number of pyridine rings is 1. The smallest absolute Gasteiger partial charge is 0.219 e. The number of carbonyl (C=O) groups excluding carboxylic acids is 1. The van der Waals surface area contributed by atoms with Crippen molar-refractivity contribution in [2.75, 3.05) is 36.9 Å². The van der Waals surface area contributed by atoms with Crippen LogP contribution in [0.15, 0.2) is 42.9 Å². The molecule has 11 heteroatoms. The number of ketones is 1. The summed E-state index contributed by atoms with van der Waals surface area (Å²) in [5.41, 5.74) is 7.44. The highest BCUT2D eigenvalue weighted by molar-refractivity contribution is 5.93. The zero-order valence-electron chi connectivity index (χ0n) is 20.4. The van der Waals surface area contributed by atoms with Gasteiger partial charge in [0.2, 0.25) is 5.95 Å². The molecule has 0 radical (unpaired) electrons. The van der Waals surface area contributed by atoms with Crippen LogP contribution in [0.2, 0.25) is 0 Å². The number of carbonyl (C=O) groups is 1. The maximum atomic E-state index is 15.6. The van der Waals surface area contributed by atoms with Crippen LogP contribution in [0.3, 0.4) is 0 Å². The first-order valence-electron chi connectivity index (χ1n) is 12.3. The van der Waals surface area contributed by atoms with Crippen LogP contribution in [-0.2, 0) is 16.0 Å². The molecule has 2 aliphatic rings. The number of benzene rings is 1. The molecule has 0 unspecified atom stereocenters. The number of nitrogen functional groups attached to an aromatic ring is 1. The number of halogens is 1. The summed E-state index contributed by atoms with van der Waals surface area (Å²) in [6.45, 7) is 2.41. The highest BCUT2D eigenvalue weighted by Gasteiger charge is 2.49. The summed E-state index contributed by atoms with van der Waals surface area (Å²) >= 11 is 0. The summed E-state index contributed by atoms with van der Waals surface area (Å²) in [7, 11) is 0. The fraction of sp³-hybridized carbons (Fsp3) is 0.296. The molecule has 2 fully saturated rings. The van der Waals surface area contributed by atoms with Gasteiger partial charge in [-0.3, -0.25) is 9.78 Å². The number of hydrogen-bond acceptors (Lipinski definition) is 10. The summed E-state index contributed by atoms with van der Waals surface area (Å²) in [5.74, 6) is 0.422.